The molecule has 29 heavy (non-hydrogen) atoms. The van der Waals surface area contributed by atoms with Crippen molar-refractivity contribution >= 4 is 45.4 Å². The average molecular weight is 425 g/mol. The summed E-state index contributed by atoms with van der Waals surface area (Å²) in [7, 11) is -1.60. The van der Waals surface area contributed by atoms with Crippen LogP contribution in [0.15, 0.2) is 87.5 Å². The third kappa shape index (κ3) is 4.33. The van der Waals surface area contributed by atoms with Gasteiger partial charge in [-0.25, -0.2) is 14.0 Å². The largest absolute Gasteiger partial charge is 0.478 e. The molecule has 0 radical (unpaired) electrons. The fourth-order valence-electron chi connectivity index (χ4n) is 2.78. The lowest BCUT2D eigenvalue weighted by atomic mass is 10.1. The van der Waals surface area contributed by atoms with E-state index < -0.39 is 17.0 Å². The molecule has 1 unspecified atom stereocenters. The van der Waals surface area contributed by atoms with E-state index in [2.05, 4.69) is 9.71 Å². The van der Waals surface area contributed by atoms with Gasteiger partial charge in [0, 0.05) is 23.4 Å². The number of rotatable bonds is 7. The van der Waals surface area contributed by atoms with Crippen molar-refractivity contribution in [3.63, 3.8) is 0 Å². The van der Waals surface area contributed by atoms with Crippen LogP contribution < -0.4 is 4.72 Å². The number of aromatic carboxylic acids is 1. The quantitative estimate of drug-likeness (QED) is 0.408. The van der Waals surface area contributed by atoms with Crippen molar-refractivity contribution in [2.24, 2.45) is 0 Å². The van der Waals surface area contributed by atoms with E-state index >= 15 is 0 Å². The van der Waals surface area contributed by atoms with Crippen molar-refractivity contribution in [1.82, 2.24) is 4.98 Å². The lowest BCUT2D eigenvalue weighted by molar-refractivity contribution is 0.0696. The molecule has 0 aliphatic rings. The number of hydrogen-bond acceptors (Lipinski definition) is 5. The Morgan fingerprint density at radius 1 is 1.10 bits per heavy atom. The van der Waals surface area contributed by atoms with Gasteiger partial charge in [0.25, 0.3) is 0 Å². The van der Waals surface area contributed by atoms with Crippen LogP contribution in [0.25, 0.3) is 11.0 Å². The van der Waals surface area contributed by atoms with Crippen LogP contribution in [0.1, 0.15) is 15.9 Å². The molecule has 0 saturated heterocycles. The van der Waals surface area contributed by atoms with Gasteiger partial charge in [-0.05, 0) is 29.8 Å². The van der Waals surface area contributed by atoms with Crippen LogP contribution in [0.3, 0.4) is 0 Å². The lowest BCUT2D eigenvalue weighted by Crippen LogP contribution is -2.06. The van der Waals surface area contributed by atoms with E-state index in [4.69, 9.17) is 4.42 Å². The Balaban J connectivity index is 1.52. The Morgan fingerprint density at radius 2 is 1.90 bits per heavy atom. The predicted octanol–water partition coefficient (Wildman–Crippen LogP) is 4.95. The molecule has 146 valence electrons. The molecule has 8 heteroatoms. The molecule has 2 heterocycles. The first-order valence-electron chi connectivity index (χ1n) is 8.68. The number of carboxylic acid groups (broad SMARTS) is 1. The van der Waals surface area contributed by atoms with Crippen LogP contribution in [-0.4, -0.2) is 20.3 Å². The summed E-state index contributed by atoms with van der Waals surface area (Å²) in [4.78, 5) is 15.7. The number of para-hydroxylation sites is 1. The number of hydrogen-bond donors (Lipinski definition) is 2. The number of nitrogens with one attached hydrogen (secondary N) is 1. The summed E-state index contributed by atoms with van der Waals surface area (Å²) in [5.74, 6) is -0.544. The molecule has 0 aliphatic heterocycles. The number of carbonyl (C=O) groups is 1. The van der Waals surface area contributed by atoms with Crippen LogP contribution in [0.5, 0.6) is 0 Å². The third-order valence-corrected chi connectivity index (χ3v) is 6.20. The van der Waals surface area contributed by atoms with Crippen molar-refractivity contribution in [3.8, 4) is 0 Å². The third-order valence-electron chi connectivity index (χ3n) is 4.17. The maximum absolute atomic E-state index is 12.7. The molecule has 0 saturated carbocycles. The fraction of sp³-hybridized carbons (Fsp3) is 0.0476. The summed E-state index contributed by atoms with van der Waals surface area (Å²) < 4.78 is 21.3. The highest BCUT2D eigenvalue weighted by molar-refractivity contribution is 7.98. The number of anilines is 1. The molecule has 0 fully saturated rings. The molecule has 4 rings (SSSR count). The van der Waals surface area contributed by atoms with Gasteiger partial charge >= 0.3 is 5.97 Å². The van der Waals surface area contributed by atoms with E-state index in [0.29, 0.717) is 32.7 Å². The zero-order valence-corrected chi connectivity index (χ0v) is 16.7. The van der Waals surface area contributed by atoms with Crippen molar-refractivity contribution < 1.29 is 18.5 Å². The molecule has 0 amide bonds. The summed E-state index contributed by atoms with van der Waals surface area (Å²) >= 11 is 1.37. The Labute approximate surface area is 173 Å². The first kappa shape index (κ1) is 19.2. The Bertz CT molecular complexity index is 1170. The minimum Gasteiger partial charge on any atom is -0.478 e. The summed E-state index contributed by atoms with van der Waals surface area (Å²) in [5.41, 5.74) is 2.21. The molecule has 0 spiro atoms. The van der Waals surface area contributed by atoms with Gasteiger partial charge in [-0.2, -0.15) is 0 Å². The maximum atomic E-state index is 12.7. The summed E-state index contributed by atoms with van der Waals surface area (Å²) in [5, 5.41) is 11.2. The van der Waals surface area contributed by atoms with E-state index in [0.717, 1.165) is 5.39 Å². The molecule has 0 bridgehead atoms. The van der Waals surface area contributed by atoms with Gasteiger partial charge in [-0.3, -0.25) is 4.72 Å². The minimum atomic E-state index is -1.60. The van der Waals surface area contributed by atoms with Gasteiger partial charge in [0.15, 0.2) is 11.0 Å². The SMILES string of the molecule is O=C(O)c1ccccc1CSc1ncccc1NS(=O)c1cc2ccccc2o1. The van der Waals surface area contributed by atoms with Crippen molar-refractivity contribution in [1.29, 1.82) is 0 Å². The number of furan rings is 1. The average Bonchev–Trinajstić information content (AvgIpc) is 3.18. The first-order valence-corrected chi connectivity index (χ1v) is 10.8. The monoisotopic (exact) mass is 424 g/mol. The molecule has 2 aromatic carbocycles. The second kappa shape index (κ2) is 8.50. The second-order valence-electron chi connectivity index (χ2n) is 6.08. The van der Waals surface area contributed by atoms with Crippen LogP contribution >= 0.6 is 11.8 Å². The number of fused-ring (bicyclic) bond motifs is 1. The number of nitrogens with zero attached hydrogens (tertiary/aromatic N) is 1. The first-order chi connectivity index (χ1) is 14.1. The van der Waals surface area contributed by atoms with E-state index in [1.165, 1.54) is 11.8 Å². The van der Waals surface area contributed by atoms with Gasteiger partial charge in [-0.1, -0.05) is 48.2 Å². The zero-order valence-electron chi connectivity index (χ0n) is 15.1. The number of benzene rings is 2. The fourth-order valence-corrected chi connectivity index (χ4v) is 4.67. The van der Waals surface area contributed by atoms with Crippen LogP contribution in [0, 0.1) is 0 Å². The van der Waals surface area contributed by atoms with Crippen LogP contribution in [-0.2, 0) is 16.7 Å². The highest BCUT2D eigenvalue weighted by Gasteiger charge is 2.15. The van der Waals surface area contributed by atoms with Crippen LogP contribution in [0.2, 0.25) is 0 Å². The van der Waals surface area contributed by atoms with E-state index in [9.17, 15) is 14.1 Å². The van der Waals surface area contributed by atoms with Gasteiger partial charge in [0.2, 0.25) is 5.09 Å². The Hall–Kier alpha value is -3.10. The van der Waals surface area contributed by atoms with Crippen molar-refractivity contribution in [2.75, 3.05) is 4.72 Å². The number of aromatic nitrogens is 1. The number of pyridine rings is 1. The highest BCUT2D eigenvalue weighted by atomic mass is 32.2. The van der Waals surface area contributed by atoms with Gasteiger partial charge in [0.05, 0.1) is 11.3 Å². The number of thioether (sulfide) groups is 1. The van der Waals surface area contributed by atoms with Gasteiger partial charge < -0.3 is 9.52 Å². The molecule has 0 aliphatic carbocycles. The summed E-state index contributed by atoms with van der Waals surface area (Å²) in [6.45, 7) is 0. The van der Waals surface area contributed by atoms with E-state index in [1.54, 1.807) is 48.7 Å². The second-order valence-corrected chi connectivity index (χ2v) is 8.19. The Morgan fingerprint density at radius 3 is 2.72 bits per heavy atom. The maximum Gasteiger partial charge on any atom is 0.335 e. The standard InChI is InChI=1S/C21H16N2O4S2/c24-21(25)16-8-3-1-7-15(16)13-28-20-17(9-5-11-22-20)23-29(26)19-12-14-6-2-4-10-18(14)27-19/h1-12,23H,13H2,(H,24,25). The molecule has 2 N–H and O–H groups in total. The van der Waals surface area contributed by atoms with Crippen molar-refractivity contribution in [2.45, 2.75) is 15.9 Å². The number of carboxylic acids is 1. The van der Waals surface area contributed by atoms with E-state index in [1.807, 2.05) is 24.3 Å². The molecule has 6 nitrogen and oxygen atoms in total. The lowest BCUT2D eigenvalue weighted by Gasteiger charge is -2.10. The highest BCUT2D eigenvalue weighted by Crippen LogP contribution is 2.30. The predicted molar refractivity (Wildman–Crippen MR) is 113 cm³/mol. The van der Waals surface area contributed by atoms with Gasteiger partial charge in [0.1, 0.15) is 10.6 Å². The zero-order chi connectivity index (χ0) is 20.2. The van der Waals surface area contributed by atoms with E-state index in [-0.39, 0.29) is 5.56 Å². The Kier molecular flexibility index (Phi) is 5.64. The van der Waals surface area contributed by atoms with Gasteiger partial charge in [-0.15, -0.1) is 0 Å². The molecule has 1 atom stereocenters. The normalized spacial score (nSPS) is 12.0. The summed E-state index contributed by atoms with van der Waals surface area (Å²) in [6.07, 6.45) is 1.64. The molecule has 2 aromatic heterocycles. The van der Waals surface area contributed by atoms with Crippen molar-refractivity contribution in [3.05, 3.63) is 84.1 Å². The minimum absolute atomic E-state index is 0.260. The van der Waals surface area contributed by atoms with Crippen LogP contribution in [0.4, 0.5) is 5.69 Å². The summed E-state index contributed by atoms with van der Waals surface area (Å²) in [6, 6.07) is 19.6. The molecular weight excluding hydrogens is 408 g/mol. The smallest absolute Gasteiger partial charge is 0.335 e. The topological polar surface area (TPSA) is 92.4 Å². The molecular formula is C21H16N2O4S2. The molecule has 4 aromatic rings.